The van der Waals surface area contributed by atoms with E-state index >= 15 is 0 Å². The van der Waals surface area contributed by atoms with Crippen molar-refractivity contribution in [2.45, 2.75) is 386 Å². The van der Waals surface area contributed by atoms with Gasteiger partial charge in [0.1, 0.15) is 13.2 Å². The zero-order chi connectivity index (χ0) is 58.5. The summed E-state index contributed by atoms with van der Waals surface area (Å²) in [5.41, 5.74) is 0. The first kappa shape index (κ1) is 78.1. The molecule has 1 atom stereocenters. The molecule has 0 rings (SSSR count). The summed E-state index contributed by atoms with van der Waals surface area (Å²) in [5, 5.41) is 0. The third-order valence-corrected chi connectivity index (χ3v) is 16.0. The fourth-order valence-corrected chi connectivity index (χ4v) is 10.7. The Kier molecular flexibility index (Phi) is 67.1. The maximum Gasteiger partial charge on any atom is 0.306 e. The molecule has 0 aliphatic carbocycles. The third kappa shape index (κ3) is 67.8. The molecule has 0 aromatic rings. The molecule has 0 aliphatic rings. The first-order valence-corrected chi connectivity index (χ1v) is 35.8. The molecule has 0 aliphatic heterocycles. The van der Waals surface area contributed by atoms with Crippen LogP contribution < -0.4 is 0 Å². The van der Waals surface area contributed by atoms with Crippen molar-refractivity contribution >= 4 is 17.9 Å². The van der Waals surface area contributed by atoms with Crippen LogP contribution in [0.5, 0.6) is 0 Å². The number of carbonyl (C=O) groups excluding carboxylic acids is 3. The van der Waals surface area contributed by atoms with E-state index < -0.39 is 6.10 Å². The molecule has 472 valence electrons. The third-order valence-electron chi connectivity index (χ3n) is 16.0. The molecule has 0 aromatic heterocycles. The molecule has 0 N–H and O–H groups in total. The van der Waals surface area contributed by atoms with Gasteiger partial charge >= 0.3 is 17.9 Å². The molecule has 0 amide bonds. The average Bonchev–Trinajstić information content (AvgIpc) is 3.47. The summed E-state index contributed by atoms with van der Waals surface area (Å²) in [4.78, 5) is 38.5. The Morgan fingerprint density at radius 3 is 0.753 bits per heavy atom. The number of hydrogen-bond donors (Lipinski definition) is 0. The van der Waals surface area contributed by atoms with E-state index in [-0.39, 0.29) is 31.1 Å². The standard InChI is InChI=1S/C75H136O6/c1-4-7-10-13-16-19-22-25-28-31-34-36-38-41-44-47-50-53-56-59-62-65-68-74(77)80-71-72(70-79-73(76)67-64-61-58-55-52-49-46-43-40-33-30-27-24-21-18-15-12-9-6-3)81-75(78)69-66-63-60-57-54-51-48-45-42-39-37-35-32-29-26-23-20-17-14-11-8-5-2/h9,12,18,21,27,30,40,43,49,52,72H,4-8,10-11,13-17,19-20,22-26,28-29,31-39,41-42,44-48,50-51,53-71H2,1-3H3/b12-9-,21-18-,30-27-,43-40-,52-49-. The van der Waals surface area contributed by atoms with Gasteiger partial charge in [0.2, 0.25) is 0 Å². The number of rotatable bonds is 66. The summed E-state index contributed by atoms with van der Waals surface area (Å²) in [6, 6.07) is 0. The van der Waals surface area contributed by atoms with Gasteiger partial charge in [-0.2, -0.15) is 0 Å². The number of esters is 3. The lowest BCUT2D eigenvalue weighted by molar-refractivity contribution is -0.167. The van der Waals surface area contributed by atoms with E-state index in [1.54, 1.807) is 0 Å². The van der Waals surface area contributed by atoms with Crippen molar-refractivity contribution in [3.8, 4) is 0 Å². The van der Waals surface area contributed by atoms with Crippen molar-refractivity contribution < 1.29 is 28.6 Å². The van der Waals surface area contributed by atoms with E-state index in [2.05, 4.69) is 81.5 Å². The molecule has 0 spiro atoms. The van der Waals surface area contributed by atoms with Gasteiger partial charge in [0.05, 0.1) is 0 Å². The normalized spacial score (nSPS) is 12.4. The zero-order valence-corrected chi connectivity index (χ0v) is 54.3. The predicted molar refractivity (Wildman–Crippen MR) is 353 cm³/mol. The van der Waals surface area contributed by atoms with Crippen LogP contribution in [0.3, 0.4) is 0 Å². The van der Waals surface area contributed by atoms with Crippen LogP contribution in [0.1, 0.15) is 380 Å². The maximum absolute atomic E-state index is 13.0. The Hall–Kier alpha value is -2.89. The van der Waals surface area contributed by atoms with Crippen LogP contribution in [0.4, 0.5) is 0 Å². The number of unbranched alkanes of at least 4 members (excludes halogenated alkanes) is 45. The van der Waals surface area contributed by atoms with E-state index in [0.717, 1.165) is 96.3 Å². The highest BCUT2D eigenvalue weighted by Crippen LogP contribution is 2.19. The number of ether oxygens (including phenoxy) is 3. The van der Waals surface area contributed by atoms with Gasteiger partial charge in [-0.3, -0.25) is 14.4 Å². The van der Waals surface area contributed by atoms with Crippen molar-refractivity contribution in [2.24, 2.45) is 0 Å². The molecule has 0 heterocycles. The second kappa shape index (κ2) is 69.6. The summed E-state index contributed by atoms with van der Waals surface area (Å²) >= 11 is 0. The Labute approximate surface area is 504 Å². The van der Waals surface area contributed by atoms with E-state index in [4.69, 9.17) is 14.2 Å². The number of allylic oxidation sites excluding steroid dienone is 10. The molecular formula is C75H136O6. The minimum Gasteiger partial charge on any atom is -0.462 e. The van der Waals surface area contributed by atoms with Gasteiger partial charge in [0, 0.05) is 19.3 Å². The summed E-state index contributed by atoms with van der Waals surface area (Å²) in [5.74, 6) is -0.885. The van der Waals surface area contributed by atoms with Crippen molar-refractivity contribution in [3.05, 3.63) is 60.8 Å². The second-order valence-electron chi connectivity index (χ2n) is 24.1. The van der Waals surface area contributed by atoms with E-state index in [1.165, 1.54) is 244 Å². The van der Waals surface area contributed by atoms with Gasteiger partial charge in [-0.1, -0.05) is 358 Å². The predicted octanol–water partition coefficient (Wildman–Crippen LogP) is 24.7. The minimum atomic E-state index is -0.787. The molecular weight excluding hydrogens is 997 g/mol. The molecule has 81 heavy (non-hydrogen) atoms. The highest BCUT2D eigenvalue weighted by Gasteiger charge is 2.19. The van der Waals surface area contributed by atoms with Crippen LogP contribution in [0.2, 0.25) is 0 Å². The van der Waals surface area contributed by atoms with Crippen molar-refractivity contribution in [3.63, 3.8) is 0 Å². The number of hydrogen-bond acceptors (Lipinski definition) is 6. The van der Waals surface area contributed by atoms with E-state index in [9.17, 15) is 14.4 Å². The van der Waals surface area contributed by atoms with Gasteiger partial charge in [-0.25, -0.2) is 0 Å². The molecule has 6 nitrogen and oxygen atoms in total. The van der Waals surface area contributed by atoms with Crippen LogP contribution >= 0.6 is 0 Å². The monoisotopic (exact) mass is 1130 g/mol. The summed E-state index contributed by atoms with van der Waals surface area (Å²) < 4.78 is 17.0. The minimum absolute atomic E-state index is 0.0796. The smallest absolute Gasteiger partial charge is 0.306 e. The Balaban J connectivity index is 4.35. The molecule has 1 unspecified atom stereocenters. The topological polar surface area (TPSA) is 78.9 Å². The molecule has 6 heteroatoms. The summed E-state index contributed by atoms with van der Waals surface area (Å²) in [6.07, 6.45) is 89.7. The average molecular weight is 1130 g/mol. The highest BCUT2D eigenvalue weighted by atomic mass is 16.6. The van der Waals surface area contributed by atoms with Gasteiger partial charge in [0.25, 0.3) is 0 Å². The summed E-state index contributed by atoms with van der Waals surface area (Å²) in [7, 11) is 0. The van der Waals surface area contributed by atoms with E-state index in [1.807, 2.05) is 0 Å². The Morgan fingerprint density at radius 1 is 0.259 bits per heavy atom. The fraction of sp³-hybridized carbons (Fsp3) is 0.827. The fourth-order valence-electron chi connectivity index (χ4n) is 10.7. The Bertz CT molecular complexity index is 1440. The molecule has 0 radical (unpaired) electrons. The lowest BCUT2D eigenvalue weighted by atomic mass is 10.0. The molecule has 0 fully saturated rings. The van der Waals surface area contributed by atoms with Crippen LogP contribution in [0, 0.1) is 0 Å². The van der Waals surface area contributed by atoms with E-state index in [0.29, 0.717) is 19.3 Å². The van der Waals surface area contributed by atoms with Gasteiger partial charge in [0.15, 0.2) is 6.10 Å². The molecule has 0 aromatic carbocycles. The Morgan fingerprint density at radius 2 is 0.481 bits per heavy atom. The van der Waals surface area contributed by atoms with Crippen LogP contribution in [0.25, 0.3) is 0 Å². The van der Waals surface area contributed by atoms with Crippen LogP contribution in [-0.4, -0.2) is 37.2 Å². The molecule has 0 saturated carbocycles. The van der Waals surface area contributed by atoms with Gasteiger partial charge < -0.3 is 14.2 Å². The van der Waals surface area contributed by atoms with Gasteiger partial charge in [-0.15, -0.1) is 0 Å². The maximum atomic E-state index is 13.0. The zero-order valence-electron chi connectivity index (χ0n) is 54.3. The quantitative estimate of drug-likeness (QED) is 0.0261. The molecule has 0 bridgehead atoms. The van der Waals surface area contributed by atoms with Crippen molar-refractivity contribution in [2.75, 3.05) is 13.2 Å². The van der Waals surface area contributed by atoms with Crippen LogP contribution in [0.15, 0.2) is 60.8 Å². The first-order valence-electron chi connectivity index (χ1n) is 35.8. The van der Waals surface area contributed by atoms with Crippen molar-refractivity contribution in [1.29, 1.82) is 0 Å². The largest absolute Gasteiger partial charge is 0.462 e. The lowest BCUT2D eigenvalue weighted by Crippen LogP contribution is -2.30. The second-order valence-corrected chi connectivity index (χ2v) is 24.1. The SMILES string of the molecule is CC/C=C\C/C=C\C/C=C\C/C=C\C/C=C\CCCCCC(=O)OCC(COC(=O)CCCCCCCCCCCCCCCCCCCCCCCC)OC(=O)CCCCCCCCCCCCCCCCCCCCCCCC. The highest BCUT2D eigenvalue weighted by molar-refractivity contribution is 5.71. The van der Waals surface area contributed by atoms with Crippen LogP contribution in [-0.2, 0) is 28.6 Å². The lowest BCUT2D eigenvalue weighted by Gasteiger charge is -2.18. The van der Waals surface area contributed by atoms with Crippen molar-refractivity contribution in [1.82, 2.24) is 0 Å². The molecule has 0 saturated heterocycles. The summed E-state index contributed by atoms with van der Waals surface area (Å²) in [6.45, 7) is 6.58. The van der Waals surface area contributed by atoms with Gasteiger partial charge in [-0.05, 0) is 64.2 Å². The first-order chi connectivity index (χ1) is 40.0. The number of carbonyl (C=O) groups is 3.